The number of ketones is 1. The first-order valence-corrected chi connectivity index (χ1v) is 4.74. The van der Waals surface area contributed by atoms with Gasteiger partial charge < -0.3 is 19.3 Å². The van der Waals surface area contributed by atoms with E-state index in [1.807, 2.05) is 0 Å². The zero-order chi connectivity index (χ0) is 11.1. The maximum atomic E-state index is 11.9. The monoisotopic (exact) mass is 214 g/mol. The number of hydrogen-bond donors (Lipinski definition) is 1. The molecule has 1 N–H and O–H groups in total. The van der Waals surface area contributed by atoms with Gasteiger partial charge in [0.2, 0.25) is 0 Å². The number of aliphatic hydroxyl groups is 1. The van der Waals surface area contributed by atoms with Crippen molar-refractivity contribution >= 4 is 5.78 Å². The summed E-state index contributed by atoms with van der Waals surface area (Å²) in [6.45, 7) is 0.409. The molecule has 3 atom stereocenters. The van der Waals surface area contributed by atoms with Crippen LogP contribution in [0.4, 0.5) is 0 Å². The molecule has 2 aliphatic rings. The second kappa shape index (κ2) is 3.59. The summed E-state index contributed by atoms with van der Waals surface area (Å²) in [5.74, 6) is -0.0558. The zero-order valence-corrected chi connectivity index (χ0v) is 8.73. The second-order valence-electron chi connectivity index (χ2n) is 3.88. The van der Waals surface area contributed by atoms with Gasteiger partial charge in [0.15, 0.2) is 12.1 Å². The third-order valence-corrected chi connectivity index (χ3v) is 3.10. The Hall–Kier alpha value is -0.910. The highest BCUT2D eigenvalue weighted by molar-refractivity contribution is 5.99. The molecule has 0 radical (unpaired) electrons. The highest BCUT2D eigenvalue weighted by Gasteiger charge is 2.59. The number of carbonyl (C=O) groups is 1. The third kappa shape index (κ3) is 1.31. The molecule has 2 rings (SSSR count). The van der Waals surface area contributed by atoms with Gasteiger partial charge in [0.25, 0.3) is 0 Å². The summed E-state index contributed by atoms with van der Waals surface area (Å²) >= 11 is 0. The number of aliphatic hydroxyl groups excluding tert-OH is 1. The topological polar surface area (TPSA) is 65.0 Å². The van der Waals surface area contributed by atoms with Crippen LogP contribution in [-0.4, -0.2) is 44.6 Å². The summed E-state index contributed by atoms with van der Waals surface area (Å²) in [6.07, 6.45) is 0.438. The molecule has 0 aromatic heterocycles. The minimum Gasteiger partial charge on any atom is -0.500 e. The molecule has 0 aromatic rings. The van der Waals surface area contributed by atoms with Crippen molar-refractivity contribution in [3.8, 4) is 0 Å². The van der Waals surface area contributed by atoms with Gasteiger partial charge in [0.1, 0.15) is 5.76 Å². The Morgan fingerprint density at radius 1 is 1.67 bits per heavy atom. The van der Waals surface area contributed by atoms with Crippen LogP contribution in [0, 0.1) is 11.3 Å². The number of allylic oxidation sites excluding steroid dienone is 1. The van der Waals surface area contributed by atoms with E-state index in [-0.39, 0.29) is 19.0 Å². The molecule has 5 nitrogen and oxygen atoms in total. The largest absolute Gasteiger partial charge is 0.500 e. The van der Waals surface area contributed by atoms with Gasteiger partial charge >= 0.3 is 0 Å². The summed E-state index contributed by atoms with van der Waals surface area (Å²) in [4.78, 5) is 11.9. The normalized spacial score (nSPS) is 39.1. The first-order chi connectivity index (χ1) is 7.15. The summed E-state index contributed by atoms with van der Waals surface area (Å²) < 4.78 is 15.2. The van der Waals surface area contributed by atoms with Crippen LogP contribution in [0.1, 0.15) is 0 Å². The highest BCUT2D eigenvalue weighted by Crippen LogP contribution is 2.48. The fraction of sp³-hybridized carbons (Fsp3) is 0.700. The molecule has 1 aliphatic carbocycles. The Bertz CT molecular complexity index is 307. The lowest BCUT2D eigenvalue weighted by atomic mass is 9.79. The predicted octanol–water partition coefficient (Wildman–Crippen LogP) is -0.303. The van der Waals surface area contributed by atoms with Crippen molar-refractivity contribution in [1.82, 2.24) is 0 Å². The van der Waals surface area contributed by atoms with Gasteiger partial charge in [-0.15, -0.1) is 0 Å². The van der Waals surface area contributed by atoms with Crippen LogP contribution < -0.4 is 0 Å². The molecule has 0 aromatic carbocycles. The summed E-state index contributed by atoms with van der Waals surface area (Å²) in [6, 6.07) is 0. The molecule has 1 aliphatic heterocycles. The maximum absolute atomic E-state index is 11.9. The van der Waals surface area contributed by atoms with E-state index in [0.717, 1.165) is 0 Å². The SMILES string of the molecule is COC[C@@]12CO[C@@H](O)[C@@H]1C(OC)=CC2=O. The van der Waals surface area contributed by atoms with Crippen molar-refractivity contribution in [2.75, 3.05) is 27.4 Å². The molecular weight excluding hydrogens is 200 g/mol. The van der Waals surface area contributed by atoms with Crippen molar-refractivity contribution in [2.45, 2.75) is 6.29 Å². The van der Waals surface area contributed by atoms with E-state index in [1.54, 1.807) is 0 Å². The minimum absolute atomic E-state index is 0.0947. The maximum Gasteiger partial charge on any atom is 0.170 e. The number of methoxy groups -OCH3 is 2. The Labute approximate surface area is 87.6 Å². The van der Waals surface area contributed by atoms with E-state index in [9.17, 15) is 9.90 Å². The summed E-state index contributed by atoms with van der Waals surface area (Å²) in [7, 11) is 3.00. The lowest BCUT2D eigenvalue weighted by Gasteiger charge is -2.26. The number of ether oxygens (including phenoxy) is 3. The molecule has 5 heteroatoms. The van der Waals surface area contributed by atoms with Crippen molar-refractivity contribution in [1.29, 1.82) is 0 Å². The van der Waals surface area contributed by atoms with Crippen LogP contribution in [0.3, 0.4) is 0 Å². The molecule has 0 unspecified atom stereocenters. The molecule has 0 spiro atoms. The zero-order valence-electron chi connectivity index (χ0n) is 8.73. The fourth-order valence-corrected chi connectivity index (χ4v) is 2.34. The smallest absolute Gasteiger partial charge is 0.170 e. The fourth-order valence-electron chi connectivity index (χ4n) is 2.34. The standard InChI is InChI=1S/C10H14O5/c1-13-4-10-5-15-9(12)8(10)6(14-2)3-7(10)11/h3,8-9,12H,4-5H2,1-2H3/t8-,9+,10-/m0/s1. The molecule has 15 heavy (non-hydrogen) atoms. The first kappa shape index (κ1) is 10.6. The summed E-state index contributed by atoms with van der Waals surface area (Å²) in [5, 5.41) is 9.66. The molecular formula is C10H14O5. The molecule has 84 valence electrons. The average molecular weight is 214 g/mol. The van der Waals surface area contributed by atoms with E-state index in [1.165, 1.54) is 20.3 Å². The van der Waals surface area contributed by atoms with Gasteiger partial charge in [0.05, 0.1) is 31.7 Å². The Balaban J connectivity index is 2.35. The van der Waals surface area contributed by atoms with Gasteiger partial charge in [-0.2, -0.15) is 0 Å². The van der Waals surface area contributed by atoms with Crippen molar-refractivity contribution in [3.63, 3.8) is 0 Å². The third-order valence-electron chi connectivity index (χ3n) is 3.10. The van der Waals surface area contributed by atoms with Crippen LogP contribution in [0.15, 0.2) is 11.8 Å². The van der Waals surface area contributed by atoms with Gasteiger partial charge in [0, 0.05) is 13.2 Å². The van der Waals surface area contributed by atoms with Crippen LogP contribution in [0.25, 0.3) is 0 Å². The average Bonchev–Trinajstić information content (AvgIpc) is 2.67. The predicted molar refractivity (Wildman–Crippen MR) is 49.9 cm³/mol. The van der Waals surface area contributed by atoms with Gasteiger partial charge in [-0.3, -0.25) is 4.79 Å². The lowest BCUT2D eigenvalue weighted by Crippen LogP contribution is -2.39. The quantitative estimate of drug-likeness (QED) is 0.698. The van der Waals surface area contributed by atoms with E-state index in [4.69, 9.17) is 14.2 Å². The Morgan fingerprint density at radius 2 is 2.40 bits per heavy atom. The Morgan fingerprint density at radius 3 is 3.00 bits per heavy atom. The number of hydrogen-bond acceptors (Lipinski definition) is 5. The molecule has 1 heterocycles. The molecule has 1 fully saturated rings. The molecule has 0 saturated carbocycles. The Kier molecular flexibility index (Phi) is 2.54. The van der Waals surface area contributed by atoms with E-state index in [0.29, 0.717) is 5.76 Å². The number of fused-ring (bicyclic) bond motifs is 1. The van der Waals surface area contributed by atoms with E-state index < -0.39 is 17.6 Å². The van der Waals surface area contributed by atoms with E-state index >= 15 is 0 Å². The van der Waals surface area contributed by atoms with Crippen molar-refractivity contribution in [3.05, 3.63) is 11.8 Å². The number of rotatable bonds is 3. The highest BCUT2D eigenvalue weighted by atomic mass is 16.6. The van der Waals surface area contributed by atoms with Crippen LogP contribution in [0.5, 0.6) is 0 Å². The van der Waals surface area contributed by atoms with Crippen molar-refractivity contribution < 1.29 is 24.1 Å². The van der Waals surface area contributed by atoms with Gasteiger partial charge in [-0.05, 0) is 0 Å². The molecule has 0 bridgehead atoms. The van der Waals surface area contributed by atoms with Gasteiger partial charge in [-0.25, -0.2) is 0 Å². The van der Waals surface area contributed by atoms with Crippen LogP contribution in [-0.2, 0) is 19.0 Å². The van der Waals surface area contributed by atoms with Crippen LogP contribution >= 0.6 is 0 Å². The second-order valence-corrected chi connectivity index (χ2v) is 3.88. The van der Waals surface area contributed by atoms with E-state index in [2.05, 4.69) is 0 Å². The van der Waals surface area contributed by atoms with Crippen LogP contribution in [0.2, 0.25) is 0 Å². The molecule has 0 amide bonds. The number of carbonyl (C=O) groups excluding carboxylic acids is 1. The molecule has 1 saturated heterocycles. The summed E-state index contributed by atoms with van der Waals surface area (Å²) in [5.41, 5.74) is -0.792. The van der Waals surface area contributed by atoms with Gasteiger partial charge in [-0.1, -0.05) is 0 Å². The van der Waals surface area contributed by atoms with Crippen molar-refractivity contribution in [2.24, 2.45) is 11.3 Å². The lowest BCUT2D eigenvalue weighted by molar-refractivity contribution is -0.127. The minimum atomic E-state index is -0.988. The first-order valence-electron chi connectivity index (χ1n) is 4.74.